The van der Waals surface area contributed by atoms with Crippen LogP contribution in [0.25, 0.3) is 21.5 Å². The summed E-state index contributed by atoms with van der Waals surface area (Å²) in [6.45, 7) is 5.61. The lowest BCUT2D eigenvalue weighted by Gasteiger charge is -2.27. The first-order chi connectivity index (χ1) is 11.2. The van der Waals surface area contributed by atoms with Crippen LogP contribution >= 0.6 is 23.7 Å². The van der Waals surface area contributed by atoms with Crippen molar-refractivity contribution >= 4 is 39.9 Å². The van der Waals surface area contributed by atoms with E-state index in [2.05, 4.69) is 10.2 Å². The van der Waals surface area contributed by atoms with Crippen molar-refractivity contribution < 1.29 is 9.87 Å². The van der Waals surface area contributed by atoms with E-state index < -0.39 is 0 Å². The molecule has 25 heavy (non-hydrogen) atoms. The van der Waals surface area contributed by atoms with Gasteiger partial charge in [0, 0.05) is 42.0 Å². The van der Waals surface area contributed by atoms with Gasteiger partial charge in [-0.25, -0.2) is 14.4 Å². The van der Waals surface area contributed by atoms with Gasteiger partial charge in [-0.1, -0.05) is 12.1 Å². The third-order valence-electron chi connectivity index (χ3n) is 4.03. The maximum atomic E-state index is 14.3. The highest BCUT2D eigenvalue weighted by molar-refractivity contribution is 7.18. The van der Waals surface area contributed by atoms with E-state index >= 15 is 0 Å². The molecule has 5 nitrogen and oxygen atoms in total. The topological polar surface area (TPSA) is 72.6 Å². The van der Waals surface area contributed by atoms with Crippen LogP contribution in [0.2, 0.25) is 0 Å². The summed E-state index contributed by atoms with van der Waals surface area (Å²) < 4.78 is 14.3. The third-order valence-corrected chi connectivity index (χ3v) is 4.98. The molecule has 0 radical (unpaired) electrons. The number of nitrogens with zero attached hydrogens (tertiary/aromatic N) is 3. The molecule has 0 bridgehead atoms. The summed E-state index contributed by atoms with van der Waals surface area (Å²) in [6, 6.07) is 8.85. The molecule has 0 saturated carbocycles. The summed E-state index contributed by atoms with van der Waals surface area (Å²) in [6.07, 6.45) is 0. The van der Waals surface area contributed by atoms with Crippen LogP contribution in [-0.4, -0.2) is 41.6 Å². The fourth-order valence-electron chi connectivity index (χ4n) is 2.90. The Morgan fingerprint density at radius 2 is 1.88 bits per heavy atom. The van der Waals surface area contributed by atoms with Gasteiger partial charge >= 0.3 is 0 Å². The molecule has 3 heterocycles. The van der Waals surface area contributed by atoms with E-state index in [1.807, 2.05) is 19.1 Å². The molecular formula is C17H20ClFN4OS. The summed E-state index contributed by atoms with van der Waals surface area (Å²) in [4.78, 5) is 13.7. The third kappa shape index (κ3) is 3.74. The maximum Gasteiger partial charge on any atom is 0.227 e. The van der Waals surface area contributed by atoms with Gasteiger partial charge in [-0.05, 0) is 25.1 Å². The Labute approximate surface area is 155 Å². The van der Waals surface area contributed by atoms with Gasteiger partial charge in [0.1, 0.15) is 10.6 Å². The number of rotatable bonds is 2. The number of hydrogen-bond donors (Lipinski definition) is 1. The van der Waals surface area contributed by atoms with Crippen molar-refractivity contribution in [3.8, 4) is 11.3 Å². The van der Waals surface area contributed by atoms with E-state index in [-0.39, 0.29) is 23.7 Å². The zero-order valence-electron chi connectivity index (χ0n) is 13.8. The summed E-state index contributed by atoms with van der Waals surface area (Å²) in [7, 11) is 0. The number of benzene rings is 1. The molecule has 0 amide bonds. The highest BCUT2D eigenvalue weighted by Crippen LogP contribution is 2.34. The largest absolute Gasteiger partial charge is 0.412 e. The van der Waals surface area contributed by atoms with Crippen LogP contribution in [0.3, 0.4) is 0 Å². The van der Waals surface area contributed by atoms with Crippen LogP contribution in [0.15, 0.2) is 30.3 Å². The van der Waals surface area contributed by atoms with Crippen molar-refractivity contribution in [2.45, 2.75) is 6.92 Å². The Hall–Kier alpha value is -1.80. The second-order valence-electron chi connectivity index (χ2n) is 5.66. The van der Waals surface area contributed by atoms with Crippen molar-refractivity contribution in [3.05, 3.63) is 41.0 Å². The molecule has 1 fully saturated rings. The number of aryl methyl sites for hydroxylation is 1. The number of hydrogen-bond acceptors (Lipinski definition) is 5. The Balaban J connectivity index is 0.00000113. The quantitative estimate of drug-likeness (QED) is 0.739. The average Bonchev–Trinajstić information content (AvgIpc) is 2.95. The Kier molecular flexibility index (Phi) is 6.29. The second kappa shape index (κ2) is 8.05. The van der Waals surface area contributed by atoms with Crippen molar-refractivity contribution in [2.75, 3.05) is 31.1 Å². The van der Waals surface area contributed by atoms with E-state index in [1.165, 1.54) is 6.07 Å². The molecule has 1 saturated heterocycles. The number of fused-ring (bicyclic) bond motifs is 1. The summed E-state index contributed by atoms with van der Waals surface area (Å²) in [5.41, 5.74) is 1.22. The van der Waals surface area contributed by atoms with Crippen LogP contribution in [-0.2, 0) is 0 Å². The van der Waals surface area contributed by atoms with Crippen molar-refractivity contribution in [2.24, 2.45) is 0 Å². The number of nitrogens with one attached hydrogen (secondary N) is 1. The molecule has 0 aliphatic carbocycles. The first kappa shape index (κ1) is 19.5. The fraction of sp³-hybridized carbons (Fsp3) is 0.294. The van der Waals surface area contributed by atoms with E-state index in [0.29, 0.717) is 17.2 Å². The van der Waals surface area contributed by atoms with Gasteiger partial charge in [0.05, 0.1) is 5.69 Å². The molecule has 1 aromatic carbocycles. The number of piperazine rings is 1. The zero-order chi connectivity index (χ0) is 15.8. The number of anilines is 1. The van der Waals surface area contributed by atoms with Crippen LogP contribution in [0.4, 0.5) is 10.3 Å². The van der Waals surface area contributed by atoms with E-state index in [1.54, 1.807) is 23.5 Å². The molecule has 2 aromatic heterocycles. The first-order valence-electron chi connectivity index (χ1n) is 7.71. The van der Waals surface area contributed by atoms with Crippen LogP contribution in [0, 0.1) is 12.7 Å². The van der Waals surface area contributed by atoms with Crippen molar-refractivity contribution in [1.29, 1.82) is 0 Å². The van der Waals surface area contributed by atoms with Crippen LogP contribution < -0.4 is 10.2 Å². The summed E-state index contributed by atoms with van der Waals surface area (Å²) >= 11 is 1.63. The zero-order valence-corrected chi connectivity index (χ0v) is 15.4. The van der Waals surface area contributed by atoms with Gasteiger partial charge in [-0.2, -0.15) is 0 Å². The monoisotopic (exact) mass is 382 g/mol. The molecule has 3 aromatic rings. The lowest BCUT2D eigenvalue weighted by Crippen LogP contribution is -2.44. The molecule has 134 valence electrons. The summed E-state index contributed by atoms with van der Waals surface area (Å²) in [5.74, 6) is 0.446. The molecule has 8 heteroatoms. The van der Waals surface area contributed by atoms with Gasteiger partial charge in [0.25, 0.3) is 0 Å². The predicted octanol–water partition coefficient (Wildman–Crippen LogP) is 2.81. The molecular weight excluding hydrogens is 363 g/mol. The standard InChI is InChI=1S/C17H17FN4S.ClH.H2O/c1-11-10-13-15(12-4-2-3-5-14(12)18)20-17(21-16(13)23-11)22-8-6-19-7-9-22;;/h2-5,10,19H,6-9H2,1H3;1H;1H2. The summed E-state index contributed by atoms with van der Waals surface area (Å²) in [5, 5.41) is 4.25. The van der Waals surface area contributed by atoms with Gasteiger partial charge in [-0.15, -0.1) is 23.7 Å². The molecule has 0 unspecified atom stereocenters. The predicted molar refractivity (Wildman–Crippen MR) is 103 cm³/mol. The van der Waals surface area contributed by atoms with Crippen molar-refractivity contribution in [1.82, 2.24) is 15.3 Å². The van der Waals surface area contributed by atoms with Gasteiger partial charge in [0.2, 0.25) is 5.95 Å². The van der Waals surface area contributed by atoms with E-state index in [0.717, 1.165) is 41.3 Å². The normalized spacial score (nSPS) is 14.1. The molecule has 4 rings (SSSR count). The number of aromatic nitrogens is 2. The fourth-order valence-corrected chi connectivity index (χ4v) is 3.77. The molecule has 3 N–H and O–H groups in total. The molecule has 1 aliphatic rings. The Bertz CT molecular complexity index is 867. The lowest BCUT2D eigenvalue weighted by molar-refractivity contribution is 0.580. The SMILES string of the molecule is Cc1cc2c(-c3ccccc3F)nc(N3CCNCC3)nc2s1.Cl.O. The Morgan fingerprint density at radius 3 is 2.60 bits per heavy atom. The molecule has 0 spiro atoms. The minimum Gasteiger partial charge on any atom is -0.412 e. The smallest absolute Gasteiger partial charge is 0.227 e. The minimum atomic E-state index is -0.248. The van der Waals surface area contributed by atoms with Gasteiger partial charge in [0.15, 0.2) is 0 Å². The second-order valence-corrected chi connectivity index (χ2v) is 6.90. The molecule has 0 atom stereocenters. The Morgan fingerprint density at radius 1 is 1.16 bits per heavy atom. The molecule has 1 aliphatic heterocycles. The van der Waals surface area contributed by atoms with Crippen LogP contribution in [0.1, 0.15) is 4.88 Å². The van der Waals surface area contributed by atoms with Gasteiger partial charge in [-0.3, -0.25) is 0 Å². The van der Waals surface area contributed by atoms with Crippen molar-refractivity contribution in [3.63, 3.8) is 0 Å². The average molecular weight is 383 g/mol. The lowest BCUT2D eigenvalue weighted by atomic mass is 10.1. The highest BCUT2D eigenvalue weighted by atomic mass is 35.5. The van der Waals surface area contributed by atoms with Gasteiger partial charge < -0.3 is 15.7 Å². The van der Waals surface area contributed by atoms with E-state index in [4.69, 9.17) is 9.97 Å². The first-order valence-corrected chi connectivity index (χ1v) is 8.53. The number of halogens is 2. The minimum absolute atomic E-state index is 0. The van der Waals surface area contributed by atoms with Crippen LogP contribution in [0.5, 0.6) is 0 Å². The maximum absolute atomic E-state index is 14.3. The number of thiophene rings is 1. The van der Waals surface area contributed by atoms with E-state index in [9.17, 15) is 4.39 Å². The highest BCUT2D eigenvalue weighted by Gasteiger charge is 2.19.